The van der Waals surface area contributed by atoms with Crippen LogP contribution in [0.4, 0.5) is 0 Å². The van der Waals surface area contributed by atoms with E-state index in [2.05, 4.69) is 0 Å². The molecule has 19 heavy (non-hydrogen) atoms. The molecular weight excluding hydrogens is 236 g/mol. The number of hydrogen-bond acceptors (Lipinski definition) is 2. The summed E-state index contributed by atoms with van der Waals surface area (Å²) in [5.74, 6) is 0.829. The molecule has 0 aromatic heterocycles. The molecule has 2 aromatic carbocycles. The fourth-order valence-corrected chi connectivity index (χ4v) is 1.96. The summed E-state index contributed by atoms with van der Waals surface area (Å²) >= 11 is 0. The van der Waals surface area contributed by atoms with Crippen molar-refractivity contribution in [3.8, 4) is 5.75 Å². The molecule has 0 heterocycles. The first-order valence-electron chi connectivity index (χ1n) is 6.30. The summed E-state index contributed by atoms with van der Waals surface area (Å²) < 4.78 is 5.14. The minimum absolute atomic E-state index is 0.510. The van der Waals surface area contributed by atoms with Crippen molar-refractivity contribution in [2.75, 3.05) is 7.11 Å². The largest absolute Gasteiger partial charge is 0.497 e. The summed E-state index contributed by atoms with van der Waals surface area (Å²) in [4.78, 5) is 0. The van der Waals surface area contributed by atoms with Crippen LogP contribution in [0.5, 0.6) is 5.75 Å². The minimum Gasteiger partial charge on any atom is -0.497 e. The predicted octanol–water partition coefficient (Wildman–Crippen LogP) is 3.62. The van der Waals surface area contributed by atoms with Gasteiger partial charge in [0.2, 0.25) is 0 Å². The third-order valence-electron chi connectivity index (χ3n) is 3.00. The van der Waals surface area contributed by atoms with Crippen molar-refractivity contribution in [1.82, 2.24) is 0 Å². The molecule has 1 unspecified atom stereocenters. The zero-order valence-electron chi connectivity index (χ0n) is 11.2. The molecule has 0 aliphatic carbocycles. The number of methoxy groups -OCH3 is 1. The molecule has 1 atom stereocenters. The van der Waals surface area contributed by atoms with Gasteiger partial charge in [-0.1, -0.05) is 42.5 Å². The van der Waals surface area contributed by atoms with Gasteiger partial charge in [-0.15, -0.1) is 0 Å². The molecule has 0 bridgehead atoms. The normalized spacial score (nSPS) is 13.1. The molecule has 98 valence electrons. The van der Waals surface area contributed by atoms with E-state index in [1.807, 2.05) is 60.7 Å². The first-order chi connectivity index (χ1) is 9.20. The van der Waals surface area contributed by atoms with E-state index in [4.69, 9.17) is 4.74 Å². The fraction of sp³-hybridized carbons (Fsp3) is 0.176. The third kappa shape index (κ3) is 3.46. The molecule has 2 heteroatoms. The lowest BCUT2D eigenvalue weighted by Crippen LogP contribution is -2.03. The number of rotatable bonds is 4. The van der Waals surface area contributed by atoms with Gasteiger partial charge in [0.05, 0.1) is 13.2 Å². The summed E-state index contributed by atoms with van der Waals surface area (Å²) in [6.45, 7) is 1.78. The Morgan fingerprint density at radius 2 is 1.68 bits per heavy atom. The van der Waals surface area contributed by atoms with Crippen LogP contribution < -0.4 is 4.74 Å². The molecule has 0 saturated heterocycles. The van der Waals surface area contributed by atoms with Crippen molar-refractivity contribution in [2.45, 2.75) is 13.0 Å². The minimum atomic E-state index is -0.510. The van der Waals surface area contributed by atoms with Crippen LogP contribution in [0.25, 0.3) is 11.6 Å². The van der Waals surface area contributed by atoms with Gasteiger partial charge in [-0.2, -0.15) is 0 Å². The molecule has 0 radical (unpaired) electrons. The van der Waals surface area contributed by atoms with E-state index in [9.17, 15) is 5.11 Å². The highest BCUT2D eigenvalue weighted by Crippen LogP contribution is 2.22. The fourth-order valence-electron chi connectivity index (χ4n) is 1.96. The Bertz CT molecular complexity index is 539. The van der Waals surface area contributed by atoms with Gasteiger partial charge in [-0.3, -0.25) is 0 Å². The van der Waals surface area contributed by atoms with E-state index < -0.39 is 6.10 Å². The summed E-state index contributed by atoms with van der Waals surface area (Å²) in [7, 11) is 1.65. The van der Waals surface area contributed by atoms with Crippen LogP contribution in [-0.4, -0.2) is 18.3 Å². The Morgan fingerprint density at radius 3 is 2.21 bits per heavy atom. The van der Waals surface area contributed by atoms with Crippen LogP contribution in [0.3, 0.4) is 0 Å². The average Bonchev–Trinajstić information content (AvgIpc) is 2.46. The van der Waals surface area contributed by atoms with E-state index in [0.717, 1.165) is 22.4 Å². The SMILES string of the molecule is COc1ccc(/C=C(\c2ccccc2)C(C)O)cc1. The zero-order chi connectivity index (χ0) is 13.7. The molecule has 0 fully saturated rings. The second kappa shape index (κ2) is 6.21. The van der Waals surface area contributed by atoms with Gasteiger partial charge < -0.3 is 9.84 Å². The van der Waals surface area contributed by atoms with Crippen molar-refractivity contribution >= 4 is 11.6 Å². The van der Waals surface area contributed by atoms with Crippen LogP contribution >= 0.6 is 0 Å². The molecule has 0 aliphatic heterocycles. The number of hydrogen-bond donors (Lipinski definition) is 1. The van der Waals surface area contributed by atoms with Gasteiger partial charge in [0, 0.05) is 0 Å². The molecule has 1 N–H and O–H groups in total. The van der Waals surface area contributed by atoms with Gasteiger partial charge in [-0.05, 0) is 41.8 Å². The van der Waals surface area contributed by atoms with Gasteiger partial charge in [0.15, 0.2) is 0 Å². The summed E-state index contributed by atoms with van der Waals surface area (Å²) in [5.41, 5.74) is 2.99. The Kier molecular flexibility index (Phi) is 4.37. The highest BCUT2D eigenvalue weighted by atomic mass is 16.5. The number of ether oxygens (including phenoxy) is 1. The van der Waals surface area contributed by atoms with Crippen molar-refractivity contribution in [2.24, 2.45) is 0 Å². The van der Waals surface area contributed by atoms with Crippen molar-refractivity contribution in [3.05, 3.63) is 65.7 Å². The van der Waals surface area contributed by atoms with Crippen LogP contribution in [0.15, 0.2) is 54.6 Å². The molecule has 2 aromatic rings. The monoisotopic (exact) mass is 254 g/mol. The Morgan fingerprint density at radius 1 is 1.05 bits per heavy atom. The van der Waals surface area contributed by atoms with E-state index in [0.29, 0.717) is 0 Å². The second-order valence-corrected chi connectivity index (χ2v) is 4.41. The van der Waals surface area contributed by atoms with Crippen molar-refractivity contribution in [3.63, 3.8) is 0 Å². The van der Waals surface area contributed by atoms with Crippen LogP contribution in [0.1, 0.15) is 18.1 Å². The molecule has 0 spiro atoms. The second-order valence-electron chi connectivity index (χ2n) is 4.41. The lowest BCUT2D eigenvalue weighted by molar-refractivity contribution is 0.254. The lowest BCUT2D eigenvalue weighted by atomic mass is 9.99. The van der Waals surface area contributed by atoms with Crippen molar-refractivity contribution < 1.29 is 9.84 Å². The molecule has 0 aliphatic rings. The van der Waals surface area contributed by atoms with E-state index >= 15 is 0 Å². The topological polar surface area (TPSA) is 29.5 Å². The van der Waals surface area contributed by atoms with E-state index in [1.165, 1.54) is 0 Å². The van der Waals surface area contributed by atoms with E-state index in [-0.39, 0.29) is 0 Å². The maximum absolute atomic E-state index is 9.93. The predicted molar refractivity (Wildman–Crippen MR) is 79.0 cm³/mol. The maximum Gasteiger partial charge on any atom is 0.118 e. The number of aliphatic hydroxyl groups is 1. The van der Waals surface area contributed by atoms with Crippen LogP contribution in [0, 0.1) is 0 Å². The Balaban J connectivity index is 2.35. The summed E-state index contributed by atoms with van der Waals surface area (Å²) in [6.07, 6.45) is 1.49. The quantitative estimate of drug-likeness (QED) is 0.844. The molecule has 0 saturated carbocycles. The van der Waals surface area contributed by atoms with Gasteiger partial charge in [0.25, 0.3) is 0 Å². The Labute approximate surface area is 114 Å². The van der Waals surface area contributed by atoms with Gasteiger partial charge in [-0.25, -0.2) is 0 Å². The molecule has 2 rings (SSSR count). The number of benzene rings is 2. The highest BCUT2D eigenvalue weighted by molar-refractivity contribution is 5.83. The third-order valence-corrected chi connectivity index (χ3v) is 3.00. The van der Waals surface area contributed by atoms with Crippen LogP contribution in [0.2, 0.25) is 0 Å². The first kappa shape index (κ1) is 13.4. The van der Waals surface area contributed by atoms with E-state index in [1.54, 1.807) is 14.0 Å². The zero-order valence-corrected chi connectivity index (χ0v) is 11.2. The lowest BCUT2D eigenvalue weighted by Gasteiger charge is -2.11. The maximum atomic E-state index is 9.93. The Hall–Kier alpha value is -2.06. The van der Waals surface area contributed by atoms with Crippen LogP contribution in [-0.2, 0) is 0 Å². The number of aliphatic hydroxyl groups excluding tert-OH is 1. The average molecular weight is 254 g/mol. The van der Waals surface area contributed by atoms with Crippen molar-refractivity contribution in [1.29, 1.82) is 0 Å². The standard InChI is InChI=1S/C17H18O2/c1-13(18)17(15-6-4-3-5-7-15)12-14-8-10-16(19-2)11-9-14/h3-13,18H,1-2H3/b17-12-. The summed E-state index contributed by atoms with van der Waals surface area (Å²) in [6, 6.07) is 17.7. The molecule has 2 nitrogen and oxygen atoms in total. The highest BCUT2D eigenvalue weighted by Gasteiger charge is 2.07. The molecule has 0 amide bonds. The van der Waals surface area contributed by atoms with Gasteiger partial charge >= 0.3 is 0 Å². The molecular formula is C17H18O2. The van der Waals surface area contributed by atoms with Gasteiger partial charge in [0.1, 0.15) is 5.75 Å². The first-order valence-corrected chi connectivity index (χ1v) is 6.30. The summed E-state index contributed by atoms with van der Waals surface area (Å²) in [5, 5.41) is 9.93. The smallest absolute Gasteiger partial charge is 0.118 e.